The highest BCUT2D eigenvalue weighted by Crippen LogP contribution is 2.18. The van der Waals surface area contributed by atoms with Crippen LogP contribution in [0.15, 0.2) is 24.3 Å². The van der Waals surface area contributed by atoms with E-state index in [1.807, 2.05) is 18.2 Å². The van der Waals surface area contributed by atoms with Crippen molar-refractivity contribution in [2.24, 2.45) is 0 Å². The van der Waals surface area contributed by atoms with Gasteiger partial charge in [-0.1, -0.05) is 25.1 Å². The van der Waals surface area contributed by atoms with Crippen molar-refractivity contribution in [3.63, 3.8) is 0 Å². The lowest BCUT2D eigenvalue weighted by Crippen LogP contribution is -2.22. The van der Waals surface area contributed by atoms with Crippen LogP contribution in [0, 0.1) is 6.92 Å². The van der Waals surface area contributed by atoms with Crippen molar-refractivity contribution in [1.29, 1.82) is 0 Å². The summed E-state index contributed by atoms with van der Waals surface area (Å²) in [4.78, 5) is 0. The van der Waals surface area contributed by atoms with Gasteiger partial charge in [0, 0.05) is 0 Å². The minimum Gasteiger partial charge on any atom is -0.490 e. The summed E-state index contributed by atoms with van der Waals surface area (Å²) in [6.45, 7) is 8.35. The van der Waals surface area contributed by atoms with Crippen molar-refractivity contribution in [1.82, 2.24) is 5.32 Å². The Labute approximate surface area is 92.6 Å². The summed E-state index contributed by atoms with van der Waals surface area (Å²) in [6, 6.07) is 8.15. The monoisotopic (exact) mass is 207 g/mol. The predicted octanol–water partition coefficient (Wildman–Crippen LogP) is 2.76. The van der Waals surface area contributed by atoms with Crippen LogP contribution in [-0.4, -0.2) is 19.2 Å². The number of ether oxygens (including phenoxy) is 1. The van der Waals surface area contributed by atoms with Crippen LogP contribution in [0.25, 0.3) is 0 Å². The average Bonchev–Trinajstić information content (AvgIpc) is 2.22. The molecule has 1 aromatic carbocycles. The standard InChI is InChI=1S/C13H21NO/c1-4-14-10-9-12(3)15-13-8-6-5-7-11(13)2/h5-8,12,14H,4,9-10H2,1-3H3. The van der Waals surface area contributed by atoms with Gasteiger partial charge in [-0.2, -0.15) is 0 Å². The van der Waals surface area contributed by atoms with Gasteiger partial charge < -0.3 is 10.1 Å². The van der Waals surface area contributed by atoms with Crippen LogP contribution in [-0.2, 0) is 0 Å². The molecule has 0 heterocycles. The molecule has 0 bridgehead atoms. The molecule has 0 saturated heterocycles. The second-order valence-corrected chi connectivity index (χ2v) is 3.84. The summed E-state index contributed by atoms with van der Waals surface area (Å²) < 4.78 is 5.85. The molecule has 0 fully saturated rings. The van der Waals surface area contributed by atoms with Crippen LogP contribution in [0.4, 0.5) is 0 Å². The van der Waals surface area contributed by atoms with E-state index in [9.17, 15) is 0 Å². The fourth-order valence-electron chi connectivity index (χ4n) is 1.45. The highest BCUT2D eigenvalue weighted by atomic mass is 16.5. The maximum Gasteiger partial charge on any atom is 0.122 e. The Morgan fingerprint density at radius 1 is 1.33 bits per heavy atom. The molecule has 1 rings (SSSR count). The first-order valence-corrected chi connectivity index (χ1v) is 5.67. The van der Waals surface area contributed by atoms with E-state index in [1.54, 1.807) is 0 Å². The zero-order chi connectivity index (χ0) is 11.1. The largest absolute Gasteiger partial charge is 0.490 e. The zero-order valence-electron chi connectivity index (χ0n) is 9.92. The first-order chi connectivity index (χ1) is 7.24. The minimum absolute atomic E-state index is 0.269. The number of aryl methyl sites for hydroxylation is 1. The van der Waals surface area contributed by atoms with Crippen molar-refractivity contribution in [2.45, 2.75) is 33.3 Å². The van der Waals surface area contributed by atoms with E-state index in [0.29, 0.717) is 0 Å². The van der Waals surface area contributed by atoms with Crippen LogP contribution in [0.5, 0.6) is 5.75 Å². The van der Waals surface area contributed by atoms with Crippen molar-refractivity contribution in [3.8, 4) is 5.75 Å². The summed E-state index contributed by atoms with van der Waals surface area (Å²) in [6.07, 6.45) is 1.31. The fourth-order valence-corrected chi connectivity index (χ4v) is 1.45. The number of nitrogens with one attached hydrogen (secondary N) is 1. The quantitative estimate of drug-likeness (QED) is 0.724. The van der Waals surface area contributed by atoms with Crippen LogP contribution < -0.4 is 10.1 Å². The van der Waals surface area contributed by atoms with Gasteiger partial charge in [0.2, 0.25) is 0 Å². The summed E-state index contributed by atoms with van der Waals surface area (Å²) in [5.41, 5.74) is 1.20. The van der Waals surface area contributed by atoms with Gasteiger partial charge in [0.15, 0.2) is 0 Å². The van der Waals surface area contributed by atoms with E-state index >= 15 is 0 Å². The molecule has 0 amide bonds. The first kappa shape index (κ1) is 12.1. The van der Waals surface area contributed by atoms with Gasteiger partial charge in [0.25, 0.3) is 0 Å². The molecule has 0 aliphatic carbocycles. The number of rotatable bonds is 6. The normalized spacial score (nSPS) is 12.5. The summed E-state index contributed by atoms with van der Waals surface area (Å²) >= 11 is 0. The van der Waals surface area contributed by atoms with Crippen LogP contribution >= 0.6 is 0 Å². The molecule has 1 unspecified atom stereocenters. The van der Waals surface area contributed by atoms with E-state index in [1.165, 1.54) is 5.56 Å². The molecule has 0 aromatic heterocycles. The molecule has 0 aliphatic rings. The summed E-state index contributed by atoms with van der Waals surface area (Å²) in [5, 5.41) is 3.30. The molecule has 84 valence electrons. The van der Waals surface area contributed by atoms with Crippen molar-refractivity contribution in [3.05, 3.63) is 29.8 Å². The van der Waals surface area contributed by atoms with Crippen molar-refractivity contribution in [2.75, 3.05) is 13.1 Å². The molecular formula is C13H21NO. The lowest BCUT2D eigenvalue weighted by atomic mass is 10.2. The molecule has 0 aliphatic heterocycles. The topological polar surface area (TPSA) is 21.3 Å². The van der Waals surface area contributed by atoms with Crippen molar-refractivity contribution < 1.29 is 4.74 Å². The third-order valence-corrected chi connectivity index (χ3v) is 2.40. The van der Waals surface area contributed by atoms with Gasteiger partial charge in [0.1, 0.15) is 5.75 Å². The molecule has 0 spiro atoms. The summed E-state index contributed by atoms with van der Waals surface area (Å²) in [7, 11) is 0. The minimum atomic E-state index is 0.269. The first-order valence-electron chi connectivity index (χ1n) is 5.67. The predicted molar refractivity (Wildman–Crippen MR) is 64.4 cm³/mol. The van der Waals surface area contributed by atoms with Gasteiger partial charge in [0.05, 0.1) is 6.10 Å². The third kappa shape index (κ3) is 4.34. The number of hydrogen-bond donors (Lipinski definition) is 1. The second kappa shape index (κ2) is 6.46. The molecule has 0 saturated carbocycles. The van der Waals surface area contributed by atoms with E-state index in [-0.39, 0.29) is 6.10 Å². The SMILES string of the molecule is CCNCCC(C)Oc1ccccc1C. The molecule has 0 radical (unpaired) electrons. The van der Waals surface area contributed by atoms with Gasteiger partial charge in [-0.25, -0.2) is 0 Å². The number of benzene rings is 1. The number of hydrogen-bond acceptors (Lipinski definition) is 2. The van der Waals surface area contributed by atoms with Crippen LogP contribution in [0.2, 0.25) is 0 Å². The fraction of sp³-hybridized carbons (Fsp3) is 0.538. The highest BCUT2D eigenvalue weighted by Gasteiger charge is 2.04. The Morgan fingerprint density at radius 2 is 2.07 bits per heavy atom. The molecular weight excluding hydrogens is 186 g/mol. The average molecular weight is 207 g/mol. The molecule has 2 heteroatoms. The van der Waals surface area contributed by atoms with E-state index < -0.39 is 0 Å². The molecule has 2 nitrogen and oxygen atoms in total. The Bertz CT molecular complexity index is 286. The van der Waals surface area contributed by atoms with E-state index in [0.717, 1.165) is 25.3 Å². The van der Waals surface area contributed by atoms with Gasteiger partial charge in [-0.3, -0.25) is 0 Å². The molecule has 1 aromatic rings. The number of para-hydroxylation sites is 1. The van der Waals surface area contributed by atoms with Crippen molar-refractivity contribution >= 4 is 0 Å². The smallest absolute Gasteiger partial charge is 0.122 e. The van der Waals surface area contributed by atoms with E-state index in [4.69, 9.17) is 4.74 Å². The zero-order valence-corrected chi connectivity index (χ0v) is 9.92. The maximum absolute atomic E-state index is 5.85. The lowest BCUT2D eigenvalue weighted by molar-refractivity contribution is 0.209. The van der Waals surface area contributed by atoms with Crippen LogP contribution in [0.3, 0.4) is 0 Å². The molecule has 15 heavy (non-hydrogen) atoms. The Morgan fingerprint density at radius 3 is 2.73 bits per heavy atom. The summed E-state index contributed by atoms with van der Waals surface area (Å²) in [5.74, 6) is 1.00. The van der Waals surface area contributed by atoms with Gasteiger partial charge in [-0.05, 0) is 45.0 Å². The third-order valence-electron chi connectivity index (χ3n) is 2.40. The molecule has 1 N–H and O–H groups in total. The van der Waals surface area contributed by atoms with Gasteiger partial charge in [-0.15, -0.1) is 0 Å². The Balaban J connectivity index is 2.37. The van der Waals surface area contributed by atoms with Gasteiger partial charge >= 0.3 is 0 Å². The highest BCUT2D eigenvalue weighted by molar-refractivity contribution is 5.31. The van der Waals surface area contributed by atoms with Crippen LogP contribution in [0.1, 0.15) is 25.8 Å². The van der Waals surface area contributed by atoms with E-state index in [2.05, 4.69) is 32.2 Å². The Hall–Kier alpha value is -1.02. The maximum atomic E-state index is 5.85. The lowest BCUT2D eigenvalue weighted by Gasteiger charge is -2.16. The second-order valence-electron chi connectivity index (χ2n) is 3.84. The molecule has 1 atom stereocenters. The Kier molecular flexibility index (Phi) is 5.19.